The Morgan fingerprint density at radius 1 is 0.913 bits per heavy atom. The topological polar surface area (TPSA) is 38.4 Å². The summed E-state index contributed by atoms with van der Waals surface area (Å²) in [5.41, 5.74) is 1.74. The molecule has 112 valence electrons. The van der Waals surface area contributed by atoms with Crippen LogP contribution in [0.3, 0.4) is 0 Å². The van der Waals surface area contributed by atoms with Gasteiger partial charge in [0, 0.05) is 10.6 Å². The molecular formula is C18H11ClN2OS. The molecule has 0 saturated carbocycles. The number of aromatic nitrogens is 1. The van der Waals surface area contributed by atoms with Crippen LogP contribution in [0.5, 0.6) is 0 Å². The average Bonchev–Trinajstić information content (AvgIpc) is 3.05. The second-order valence-electron chi connectivity index (χ2n) is 5.02. The van der Waals surface area contributed by atoms with E-state index in [-0.39, 0.29) is 0 Å². The first-order valence-corrected chi connectivity index (χ1v) is 8.16. The normalized spacial score (nSPS) is 12.0. The minimum atomic E-state index is 0.577. The van der Waals surface area contributed by atoms with Crippen molar-refractivity contribution < 1.29 is 3.85 Å². The maximum atomic E-state index is 5.87. The van der Waals surface area contributed by atoms with Gasteiger partial charge in [-0.2, -0.15) is 4.98 Å². The van der Waals surface area contributed by atoms with E-state index in [1.165, 1.54) is 5.39 Å². The molecule has 1 heterocycles. The third kappa shape index (κ3) is 3.04. The van der Waals surface area contributed by atoms with Crippen LogP contribution in [-0.4, -0.2) is 4.98 Å². The zero-order chi connectivity index (χ0) is 15.6. The van der Waals surface area contributed by atoms with Crippen molar-refractivity contribution in [3.05, 3.63) is 76.6 Å². The van der Waals surface area contributed by atoms with E-state index in [1.54, 1.807) is 12.1 Å². The molecule has 0 bridgehead atoms. The van der Waals surface area contributed by atoms with Crippen molar-refractivity contribution >= 4 is 39.7 Å². The van der Waals surface area contributed by atoms with E-state index in [9.17, 15) is 0 Å². The van der Waals surface area contributed by atoms with Gasteiger partial charge in [0.15, 0.2) is 0 Å². The first-order chi connectivity index (χ1) is 11.3. The van der Waals surface area contributed by atoms with Crippen LogP contribution in [0.4, 0.5) is 5.69 Å². The number of halogens is 1. The van der Waals surface area contributed by atoms with Crippen LogP contribution in [0, 0.1) is 0 Å². The predicted molar refractivity (Wildman–Crippen MR) is 94.0 cm³/mol. The Hall–Kier alpha value is -2.43. The lowest BCUT2D eigenvalue weighted by Crippen LogP contribution is -1.96. The van der Waals surface area contributed by atoms with Crippen LogP contribution < -0.4 is 4.80 Å². The molecule has 4 rings (SSSR count). The predicted octanol–water partition coefficient (Wildman–Crippen LogP) is 5.44. The fourth-order valence-electron chi connectivity index (χ4n) is 2.31. The third-order valence-electron chi connectivity index (χ3n) is 3.44. The van der Waals surface area contributed by atoms with Gasteiger partial charge in [0.25, 0.3) is 0 Å². The van der Waals surface area contributed by atoms with Crippen molar-refractivity contribution in [1.29, 1.82) is 0 Å². The maximum Gasteiger partial charge on any atom is 0.248 e. The van der Waals surface area contributed by atoms with Gasteiger partial charge in [0.2, 0.25) is 10.7 Å². The molecule has 0 aliphatic heterocycles. The van der Waals surface area contributed by atoms with Crippen molar-refractivity contribution in [3.8, 4) is 11.5 Å². The standard InChI is InChI=1S/C18H11ClN2OS/c19-15-7-9-16(10-8-15)20-18-21-17(22-23-18)14-6-5-12-3-1-2-4-13(12)11-14/h1-11H. The summed E-state index contributed by atoms with van der Waals surface area (Å²) >= 11 is 7.04. The quantitative estimate of drug-likeness (QED) is 0.488. The summed E-state index contributed by atoms with van der Waals surface area (Å²) in [6.45, 7) is 0. The van der Waals surface area contributed by atoms with Gasteiger partial charge in [-0.05, 0) is 47.2 Å². The van der Waals surface area contributed by atoms with Gasteiger partial charge in [0.05, 0.1) is 17.3 Å². The summed E-state index contributed by atoms with van der Waals surface area (Å²) in [5, 5.41) is 3.03. The van der Waals surface area contributed by atoms with E-state index in [0.717, 1.165) is 28.3 Å². The second kappa shape index (κ2) is 5.99. The van der Waals surface area contributed by atoms with Gasteiger partial charge in [0.1, 0.15) is 0 Å². The first-order valence-electron chi connectivity index (χ1n) is 7.05. The van der Waals surface area contributed by atoms with E-state index in [0.29, 0.717) is 15.7 Å². The Morgan fingerprint density at radius 3 is 2.52 bits per heavy atom. The van der Waals surface area contributed by atoms with E-state index < -0.39 is 0 Å². The molecule has 0 amide bonds. The fourth-order valence-corrected chi connectivity index (χ4v) is 2.98. The third-order valence-corrected chi connectivity index (χ3v) is 4.26. The van der Waals surface area contributed by atoms with Crippen LogP contribution >= 0.6 is 23.2 Å². The number of benzene rings is 3. The average molecular weight is 339 g/mol. The lowest BCUT2D eigenvalue weighted by Gasteiger charge is -1.99. The molecule has 0 aliphatic rings. The summed E-state index contributed by atoms with van der Waals surface area (Å²) in [4.78, 5) is 9.48. The molecule has 0 N–H and O–H groups in total. The number of rotatable bonds is 2. The Labute approximate surface area is 141 Å². The molecule has 23 heavy (non-hydrogen) atoms. The Bertz CT molecular complexity index is 1030. The van der Waals surface area contributed by atoms with E-state index in [2.05, 4.69) is 34.2 Å². The molecule has 3 nitrogen and oxygen atoms in total. The van der Waals surface area contributed by atoms with Crippen LogP contribution in [0.15, 0.2) is 75.6 Å². The van der Waals surface area contributed by atoms with E-state index in [1.807, 2.05) is 30.3 Å². The zero-order valence-corrected chi connectivity index (χ0v) is 13.5. The molecule has 0 unspecified atom stereocenters. The first kappa shape index (κ1) is 14.2. The minimum absolute atomic E-state index is 0.577. The lowest BCUT2D eigenvalue weighted by atomic mass is 10.1. The van der Waals surface area contributed by atoms with Gasteiger partial charge in [-0.1, -0.05) is 41.9 Å². The van der Waals surface area contributed by atoms with Crippen LogP contribution in [0.2, 0.25) is 5.02 Å². The molecular weight excluding hydrogens is 328 g/mol. The van der Waals surface area contributed by atoms with Gasteiger partial charge >= 0.3 is 0 Å². The van der Waals surface area contributed by atoms with E-state index in [4.69, 9.17) is 15.5 Å². The van der Waals surface area contributed by atoms with Gasteiger partial charge < -0.3 is 3.85 Å². The maximum absolute atomic E-state index is 5.87. The second-order valence-corrected chi connectivity index (χ2v) is 6.15. The molecule has 4 aromatic rings. The molecule has 0 aliphatic carbocycles. The number of fused-ring (bicyclic) bond motifs is 1. The Morgan fingerprint density at radius 2 is 1.70 bits per heavy atom. The highest BCUT2D eigenvalue weighted by atomic mass is 35.5. The molecule has 0 spiro atoms. The van der Waals surface area contributed by atoms with Crippen LogP contribution in [0.1, 0.15) is 0 Å². The summed E-state index contributed by atoms with van der Waals surface area (Å²) in [5.74, 6) is 0.577. The summed E-state index contributed by atoms with van der Waals surface area (Å²) in [6.07, 6.45) is 0. The SMILES string of the molecule is Clc1ccc(N=c2nc(-c3ccc4ccccc4c3)os2)cc1. The highest BCUT2D eigenvalue weighted by Gasteiger charge is 2.06. The van der Waals surface area contributed by atoms with Crippen molar-refractivity contribution in [3.63, 3.8) is 0 Å². The van der Waals surface area contributed by atoms with Crippen molar-refractivity contribution in [2.24, 2.45) is 4.99 Å². The monoisotopic (exact) mass is 338 g/mol. The highest BCUT2D eigenvalue weighted by Crippen LogP contribution is 2.23. The number of hydrogen-bond acceptors (Lipinski definition) is 4. The van der Waals surface area contributed by atoms with Crippen molar-refractivity contribution in [2.75, 3.05) is 0 Å². The molecule has 3 aromatic carbocycles. The lowest BCUT2D eigenvalue weighted by molar-refractivity contribution is 0.690. The molecule has 0 saturated heterocycles. The molecule has 0 radical (unpaired) electrons. The Kier molecular flexibility index (Phi) is 3.69. The number of nitrogens with zero attached hydrogens (tertiary/aromatic N) is 2. The molecule has 0 fully saturated rings. The van der Waals surface area contributed by atoms with Crippen molar-refractivity contribution in [2.45, 2.75) is 0 Å². The summed E-state index contributed by atoms with van der Waals surface area (Å²) < 4.78 is 5.61. The molecule has 5 heteroatoms. The Balaban J connectivity index is 1.72. The zero-order valence-electron chi connectivity index (χ0n) is 11.9. The largest absolute Gasteiger partial charge is 0.377 e. The van der Waals surface area contributed by atoms with Gasteiger partial charge in [-0.25, -0.2) is 4.99 Å². The van der Waals surface area contributed by atoms with Crippen LogP contribution in [-0.2, 0) is 0 Å². The minimum Gasteiger partial charge on any atom is -0.377 e. The summed E-state index contributed by atoms with van der Waals surface area (Å²) in [6, 6.07) is 21.6. The van der Waals surface area contributed by atoms with Gasteiger partial charge in [-0.15, -0.1) is 0 Å². The summed E-state index contributed by atoms with van der Waals surface area (Å²) in [7, 11) is 0. The highest BCUT2D eigenvalue weighted by molar-refractivity contribution is 7.00. The molecule has 0 atom stereocenters. The fraction of sp³-hybridized carbons (Fsp3) is 0. The van der Waals surface area contributed by atoms with E-state index >= 15 is 0 Å². The van der Waals surface area contributed by atoms with Crippen molar-refractivity contribution in [1.82, 2.24) is 4.98 Å². The molecule has 1 aromatic heterocycles. The smallest absolute Gasteiger partial charge is 0.248 e. The van der Waals surface area contributed by atoms with Gasteiger partial charge in [-0.3, -0.25) is 0 Å². The number of hydrogen-bond donors (Lipinski definition) is 0. The van der Waals surface area contributed by atoms with Crippen LogP contribution in [0.25, 0.3) is 22.2 Å².